The Morgan fingerprint density at radius 2 is 1.93 bits per heavy atom. The third-order valence-electron chi connectivity index (χ3n) is 5.00. The molecule has 1 unspecified atom stereocenters. The normalized spacial score (nSPS) is 16.8. The van der Waals surface area contributed by atoms with Gasteiger partial charge in [-0.25, -0.2) is 9.97 Å². The van der Waals surface area contributed by atoms with Crippen molar-refractivity contribution < 1.29 is 4.74 Å². The van der Waals surface area contributed by atoms with Gasteiger partial charge >= 0.3 is 0 Å². The largest absolute Gasteiger partial charge is 0.481 e. The molecule has 30 heavy (non-hydrogen) atoms. The summed E-state index contributed by atoms with van der Waals surface area (Å²) in [5.74, 6) is 1.47. The molecule has 1 fully saturated rings. The lowest BCUT2D eigenvalue weighted by Crippen LogP contribution is -2.45. The predicted octanol–water partition coefficient (Wildman–Crippen LogP) is 3.95. The number of aryl methyl sites for hydroxylation is 1. The van der Waals surface area contributed by atoms with Crippen molar-refractivity contribution in [2.75, 3.05) is 25.1 Å². The highest BCUT2D eigenvalue weighted by molar-refractivity contribution is 7.15. The Kier molecular flexibility index (Phi) is 5.71. The van der Waals surface area contributed by atoms with Gasteiger partial charge in [-0.3, -0.25) is 0 Å². The van der Waals surface area contributed by atoms with E-state index in [0.29, 0.717) is 11.9 Å². The lowest BCUT2D eigenvalue weighted by molar-refractivity contribution is 0.373. The fourth-order valence-electron chi connectivity index (χ4n) is 3.74. The number of methoxy groups -OCH3 is 1. The molecule has 1 aliphatic heterocycles. The minimum absolute atomic E-state index is 0.116. The van der Waals surface area contributed by atoms with Crippen LogP contribution in [0.5, 0.6) is 5.88 Å². The molecule has 3 aromatic rings. The molecule has 0 bridgehead atoms. The van der Waals surface area contributed by atoms with Crippen molar-refractivity contribution in [1.29, 1.82) is 0 Å². The van der Waals surface area contributed by atoms with E-state index in [1.54, 1.807) is 18.4 Å². The Labute approximate surface area is 181 Å². The zero-order valence-corrected chi connectivity index (χ0v) is 19.0. The van der Waals surface area contributed by atoms with Crippen LogP contribution in [0.4, 0.5) is 5.82 Å². The maximum atomic E-state index is 5.53. The molecule has 0 spiro atoms. The standard InChI is InChI=1S/C22H28N6OS/c1-14-23-12-19(30-14)16-6-7-17(24-21(16)29-5)18-8-9-20(27-26-18)28-11-10-15(13-28)25-22(2,3)4/h6-9,12,15,25H,10-11,13H2,1-5H3. The number of ether oxygens (including phenoxy) is 1. The van der Waals surface area contributed by atoms with E-state index in [1.165, 1.54) is 0 Å². The minimum Gasteiger partial charge on any atom is -0.481 e. The third kappa shape index (κ3) is 4.60. The molecule has 7 nitrogen and oxygen atoms in total. The van der Waals surface area contributed by atoms with E-state index in [4.69, 9.17) is 4.74 Å². The number of thiazole rings is 1. The highest BCUT2D eigenvalue weighted by atomic mass is 32.1. The quantitative estimate of drug-likeness (QED) is 0.665. The van der Waals surface area contributed by atoms with Crippen molar-refractivity contribution in [2.45, 2.75) is 45.7 Å². The second-order valence-corrected chi connectivity index (χ2v) is 9.83. The van der Waals surface area contributed by atoms with Crippen LogP contribution in [0.15, 0.2) is 30.5 Å². The van der Waals surface area contributed by atoms with E-state index in [-0.39, 0.29) is 5.54 Å². The Hall–Kier alpha value is -2.58. The van der Waals surface area contributed by atoms with E-state index in [1.807, 2.05) is 37.4 Å². The summed E-state index contributed by atoms with van der Waals surface area (Å²) in [7, 11) is 1.63. The van der Waals surface area contributed by atoms with Gasteiger partial charge in [-0.05, 0) is 58.4 Å². The van der Waals surface area contributed by atoms with Gasteiger partial charge in [0.2, 0.25) is 5.88 Å². The lowest BCUT2D eigenvalue weighted by atomic mass is 10.1. The molecule has 0 aliphatic carbocycles. The molecule has 1 aliphatic rings. The van der Waals surface area contributed by atoms with Gasteiger partial charge < -0.3 is 15.0 Å². The number of nitrogens with one attached hydrogen (secondary N) is 1. The van der Waals surface area contributed by atoms with Crippen molar-refractivity contribution in [1.82, 2.24) is 25.5 Å². The van der Waals surface area contributed by atoms with Crippen molar-refractivity contribution in [3.63, 3.8) is 0 Å². The summed E-state index contributed by atoms with van der Waals surface area (Å²) in [5.41, 5.74) is 2.52. The van der Waals surface area contributed by atoms with E-state index in [2.05, 4.69) is 51.2 Å². The van der Waals surface area contributed by atoms with E-state index >= 15 is 0 Å². The van der Waals surface area contributed by atoms with Gasteiger partial charge in [0, 0.05) is 30.9 Å². The maximum absolute atomic E-state index is 5.53. The van der Waals surface area contributed by atoms with Crippen molar-refractivity contribution in [3.05, 3.63) is 35.5 Å². The molecule has 3 aromatic heterocycles. The number of hydrogen-bond acceptors (Lipinski definition) is 8. The molecule has 0 radical (unpaired) electrons. The summed E-state index contributed by atoms with van der Waals surface area (Å²) in [6.07, 6.45) is 2.96. The molecule has 4 rings (SSSR count). The topological polar surface area (TPSA) is 76.1 Å². The molecule has 8 heteroatoms. The number of rotatable bonds is 5. The summed E-state index contributed by atoms with van der Waals surface area (Å²) in [5, 5.41) is 13.6. The summed E-state index contributed by atoms with van der Waals surface area (Å²) in [6.45, 7) is 10.5. The number of hydrogen-bond donors (Lipinski definition) is 1. The van der Waals surface area contributed by atoms with Crippen LogP contribution in [0.1, 0.15) is 32.2 Å². The molecule has 4 heterocycles. The van der Waals surface area contributed by atoms with Gasteiger partial charge in [0.1, 0.15) is 5.69 Å². The summed E-state index contributed by atoms with van der Waals surface area (Å²) < 4.78 is 5.53. The third-order valence-corrected chi connectivity index (χ3v) is 5.95. The van der Waals surface area contributed by atoms with Gasteiger partial charge in [0.05, 0.1) is 28.3 Å². The number of anilines is 1. The van der Waals surface area contributed by atoms with Gasteiger partial charge in [-0.15, -0.1) is 21.5 Å². The molecule has 1 atom stereocenters. The van der Waals surface area contributed by atoms with E-state index in [0.717, 1.165) is 52.2 Å². The number of pyridine rings is 1. The second kappa shape index (κ2) is 8.28. The Balaban J connectivity index is 1.50. The zero-order chi connectivity index (χ0) is 21.3. The van der Waals surface area contributed by atoms with Crippen molar-refractivity contribution in [3.8, 4) is 27.7 Å². The maximum Gasteiger partial charge on any atom is 0.222 e. The average Bonchev–Trinajstić information content (AvgIpc) is 3.35. The Morgan fingerprint density at radius 1 is 1.13 bits per heavy atom. The van der Waals surface area contributed by atoms with Crippen molar-refractivity contribution >= 4 is 17.2 Å². The van der Waals surface area contributed by atoms with Crippen LogP contribution < -0.4 is 15.0 Å². The zero-order valence-electron chi connectivity index (χ0n) is 18.1. The van der Waals surface area contributed by atoms with Crippen LogP contribution in [0.2, 0.25) is 0 Å². The van der Waals surface area contributed by atoms with Crippen LogP contribution >= 0.6 is 11.3 Å². The molecule has 1 N–H and O–H groups in total. The first-order valence-corrected chi connectivity index (χ1v) is 11.0. The minimum atomic E-state index is 0.116. The molecular formula is C22H28N6OS. The summed E-state index contributed by atoms with van der Waals surface area (Å²) in [6, 6.07) is 8.44. The summed E-state index contributed by atoms with van der Waals surface area (Å²) >= 11 is 1.62. The van der Waals surface area contributed by atoms with E-state index in [9.17, 15) is 0 Å². The molecule has 158 valence electrons. The smallest absolute Gasteiger partial charge is 0.222 e. The Morgan fingerprint density at radius 3 is 2.57 bits per heavy atom. The van der Waals surface area contributed by atoms with Gasteiger partial charge in [-0.2, -0.15) is 0 Å². The molecular weight excluding hydrogens is 396 g/mol. The second-order valence-electron chi connectivity index (χ2n) is 8.60. The lowest BCUT2D eigenvalue weighted by Gasteiger charge is -2.26. The first-order chi connectivity index (χ1) is 14.3. The molecule has 1 saturated heterocycles. The average molecular weight is 425 g/mol. The van der Waals surface area contributed by atoms with Crippen LogP contribution in [0.3, 0.4) is 0 Å². The highest BCUT2D eigenvalue weighted by Crippen LogP contribution is 2.34. The van der Waals surface area contributed by atoms with Gasteiger partial charge in [0.15, 0.2) is 5.82 Å². The SMILES string of the molecule is COc1nc(-c2ccc(N3CCC(NC(C)(C)C)C3)nn2)ccc1-c1cnc(C)s1. The predicted molar refractivity (Wildman–Crippen MR) is 121 cm³/mol. The van der Waals surface area contributed by atoms with Crippen LogP contribution in [0.25, 0.3) is 21.8 Å². The molecule has 0 aromatic carbocycles. The van der Waals surface area contributed by atoms with Crippen LogP contribution in [-0.4, -0.2) is 51.9 Å². The van der Waals surface area contributed by atoms with Crippen LogP contribution in [0, 0.1) is 6.92 Å². The number of aromatic nitrogens is 4. The first-order valence-electron chi connectivity index (χ1n) is 10.2. The number of nitrogens with zero attached hydrogens (tertiary/aromatic N) is 5. The van der Waals surface area contributed by atoms with Crippen LogP contribution in [-0.2, 0) is 0 Å². The Bertz CT molecular complexity index is 1010. The fraction of sp³-hybridized carbons (Fsp3) is 0.455. The molecule has 0 saturated carbocycles. The van der Waals surface area contributed by atoms with Gasteiger partial charge in [-0.1, -0.05) is 0 Å². The highest BCUT2D eigenvalue weighted by Gasteiger charge is 2.26. The molecule has 0 amide bonds. The van der Waals surface area contributed by atoms with E-state index < -0.39 is 0 Å². The fourth-order valence-corrected chi connectivity index (χ4v) is 4.54. The monoisotopic (exact) mass is 424 g/mol. The first kappa shape index (κ1) is 20.7. The van der Waals surface area contributed by atoms with Crippen molar-refractivity contribution in [2.24, 2.45) is 0 Å². The van der Waals surface area contributed by atoms with Gasteiger partial charge in [0.25, 0.3) is 0 Å². The summed E-state index contributed by atoms with van der Waals surface area (Å²) in [4.78, 5) is 12.3.